The van der Waals surface area contributed by atoms with Crippen LogP contribution in [-0.2, 0) is 9.59 Å². The van der Waals surface area contributed by atoms with E-state index in [0.29, 0.717) is 22.6 Å². The monoisotopic (exact) mass is 433 g/mol. The number of aromatic nitrogens is 2. The zero-order valence-corrected chi connectivity index (χ0v) is 16.8. The summed E-state index contributed by atoms with van der Waals surface area (Å²) in [5, 5.41) is 13.7. The zero-order chi connectivity index (χ0) is 22.1. The average molecular weight is 433 g/mol. The molecule has 1 aliphatic rings. The molecule has 0 bridgehead atoms. The fourth-order valence-corrected chi connectivity index (χ4v) is 3.51. The molecule has 3 heterocycles. The van der Waals surface area contributed by atoms with Crippen LogP contribution >= 0.6 is 12.2 Å². The third-order valence-electron chi connectivity index (χ3n) is 4.67. The number of benzene rings is 1. The molecule has 9 nitrogen and oxygen atoms in total. The van der Waals surface area contributed by atoms with Gasteiger partial charge in [0, 0.05) is 30.4 Å². The number of thiocarbonyl (C=S) groups is 1. The molecule has 1 N–H and O–H groups in total. The van der Waals surface area contributed by atoms with Gasteiger partial charge in [0.15, 0.2) is 5.11 Å². The van der Waals surface area contributed by atoms with Gasteiger partial charge in [0.25, 0.3) is 17.5 Å². The van der Waals surface area contributed by atoms with Gasteiger partial charge >= 0.3 is 0 Å². The van der Waals surface area contributed by atoms with E-state index in [9.17, 15) is 19.7 Å². The molecular formula is C21H15N5O4S. The SMILES string of the molecule is C=CCN1C(=O)C(=Cc2nc(-c3cccc([N+](=O)[O-])c3)n3ccccc23)C(=O)NC1=S. The molecule has 2 amide bonds. The van der Waals surface area contributed by atoms with Crippen LogP contribution in [0.4, 0.5) is 5.69 Å². The number of nitrogens with one attached hydrogen (secondary N) is 1. The summed E-state index contributed by atoms with van der Waals surface area (Å²) in [6.07, 6.45) is 4.65. The van der Waals surface area contributed by atoms with E-state index in [0.717, 1.165) is 0 Å². The molecule has 154 valence electrons. The van der Waals surface area contributed by atoms with Gasteiger partial charge in [-0.1, -0.05) is 24.3 Å². The van der Waals surface area contributed by atoms with Crippen molar-refractivity contribution in [2.75, 3.05) is 6.54 Å². The largest absolute Gasteiger partial charge is 0.299 e. The van der Waals surface area contributed by atoms with Crippen molar-refractivity contribution in [1.29, 1.82) is 0 Å². The summed E-state index contributed by atoms with van der Waals surface area (Å²) < 4.78 is 1.74. The van der Waals surface area contributed by atoms with Crippen LogP contribution in [0.5, 0.6) is 0 Å². The number of non-ortho nitro benzene ring substituents is 1. The van der Waals surface area contributed by atoms with Gasteiger partial charge in [0.05, 0.1) is 16.1 Å². The number of rotatable bonds is 5. The van der Waals surface area contributed by atoms with Crippen molar-refractivity contribution >= 4 is 46.4 Å². The van der Waals surface area contributed by atoms with Gasteiger partial charge < -0.3 is 0 Å². The first-order valence-electron chi connectivity index (χ1n) is 9.12. The molecule has 4 rings (SSSR count). The Bertz CT molecular complexity index is 1310. The summed E-state index contributed by atoms with van der Waals surface area (Å²) in [7, 11) is 0. The van der Waals surface area contributed by atoms with E-state index in [-0.39, 0.29) is 22.9 Å². The summed E-state index contributed by atoms with van der Waals surface area (Å²) in [5.41, 5.74) is 1.33. The van der Waals surface area contributed by atoms with Gasteiger partial charge in [0.1, 0.15) is 11.4 Å². The first-order chi connectivity index (χ1) is 14.9. The van der Waals surface area contributed by atoms with Crippen molar-refractivity contribution < 1.29 is 14.5 Å². The number of carbonyl (C=O) groups excluding carboxylic acids is 2. The number of pyridine rings is 1. The van der Waals surface area contributed by atoms with Crippen LogP contribution in [0.3, 0.4) is 0 Å². The first-order valence-corrected chi connectivity index (χ1v) is 9.53. The average Bonchev–Trinajstić information content (AvgIpc) is 3.13. The smallest absolute Gasteiger partial charge is 0.270 e. The Morgan fingerprint density at radius 3 is 2.77 bits per heavy atom. The second-order valence-electron chi connectivity index (χ2n) is 6.61. The van der Waals surface area contributed by atoms with Gasteiger partial charge in [-0.3, -0.25) is 34.3 Å². The number of nitrogens with zero attached hydrogens (tertiary/aromatic N) is 4. The van der Waals surface area contributed by atoms with Crippen LogP contribution in [0.15, 0.2) is 66.9 Å². The Labute approximate surface area is 181 Å². The summed E-state index contributed by atoms with van der Waals surface area (Å²) in [6.45, 7) is 3.75. The second kappa shape index (κ2) is 7.92. The summed E-state index contributed by atoms with van der Waals surface area (Å²) in [5.74, 6) is -0.736. The van der Waals surface area contributed by atoms with Gasteiger partial charge in [-0.25, -0.2) is 4.98 Å². The number of amides is 2. The lowest BCUT2D eigenvalue weighted by Gasteiger charge is -2.27. The Morgan fingerprint density at radius 2 is 2.03 bits per heavy atom. The maximum absolute atomic E-state index is 12.8. The van der Waals surface area contributed by atoms with Crippen LogP contribution in [0, 0.1) is 10.1 Å². The predicted molar refractivity (Wildman–Crippen MR) is 118 cm³/mol. The molecule has 3 aromatic rings. The van der Waals surface area contributed by atoms with Crippen LogP contribution < -0.4 is 5.32 Å². The van der Waals surface area contributed by atoms with Gasteiger partial charge in [0.2, 0.25) is 0 Å². The molecule has 2 aromatic heterocycles. The van der Waals surface area contributed by atoms with Gasteiger partial charge in [-0.15, -0.1) is 6.58 Å². The van der Waals surface area contributed by atoms with E-state index in [2.05, 4.69) is 16.9 Å². The Morgan fingerprint density at radius 1 is 1.23 bits per heavy atom. The number of nitro groups is 1. The molecular weight excluding hydrogens is 418 g/mol. The maximum atomic E-state index is 12.8. The molecule has 0 unspecified atom stereocenters. The zero-order valence-electron chi connectivity index (χ0n) is 16.0. The molecule has 0 spiro atoms. The number of fused-ring (bicyclic) bond motifs is 1. The number of hydrogen-bond donors (Lipinski definition) is 1. The highest BCUT2D eigenvalue weighted by atomic mass is 32.1. The van der Waals surface area contributed by atoms with Crippen molar-refractivity contribution in [3.63, 3.8) is 0 Å². The summed E-state index contributed by atoms with van der Waals surface area (Å²) in [4.78, 5) is 41.8. The third kappa shape index (κ3) is 3.60. The van der Waals surface area contributed by atoms with Crippen molar-refractivity contribution in [1.82, 2.24) is 19.6 Å². The van der Waals surface area contributed by atoms with E-state index in [1.807, 2.05) is 0 Å². The van der Waals surface area contributed by atoms with E-state index >= 15 is 0 Å². The summed E-state index contributed by atoms with van der Waals surface area (Å²) >= 11 is 5.07. The van der Waals surface area contributed by atoms with Crippen LogP contribution in [0.2, 0.25) is 0 Å². The topological polar surface area (TPSA) is 110 Å². The molecule has 0 atom stereocenters. The summed E-state index contributed by atoms with van der Waals surface area (Å²) in [6, 6.07) is 11.4. The fraction of sp³-hybridized carbons (Fsp3) is 0.0476. The van der Waals surface area contributed by atoms with E-state index in [1.54, 1.807) is 40.9 Å². The fourth-order valence-electron chi connectivity index (χ4n) is 3.26. The number of carbonyl (C=O) groups is 2. The van der Waals surface area contributed by atoms with Crippen molar-refractivity contribution in [3.05, 3.63) is 82.7 Å². The van der Waals surface area contributed by atoms with Crippen LogP contribution in [0.25, 0.3) is 23.0 Å². The van der Waals surface area contributed by atoms with Crippen molar-refractivity contribution in [2.24, 2.45) is 0 Å². The molecule has 0 saturated carbocycles. The molecule has 10 heteroatoms. The molecule has 1 aliphatic heterocycles. The highest BCUT2D eigenvalue weighted by Crippen LogP contribution is 2.27. The molecule has 31 heavy (non-hydrogen) atoms. The van der Waals surface area contributed by atoms with Crippen LogP contribution in [0.1, 0.15) is 5.69 Å². The van der Waals surface area contributed by atoms with Crippen molar-refractivity contribution in [2.45, 2.75) is 0 Å². The molecule has 1 fully saturated rings. The number of imidazole rings is 1. The lowest BCUT2D eigenvalue weighted by Crippen LogP contribution is -2.53. The predicted octanol–water partition coefficient (Wildman–Crippen LogP) is 2.72. The Kier molecular flexibility index (Phi) is 5.14. The molecule has 1 aromatic carbocycles. The highest BCUT2D eigenvalue weighted by molar-refractivity contribution is 7.80. The first kappa shape index (κ1) is 20.1. The van der Waals surface area contributed by atoms with E-state index in [1.165, 1.54) is 29.2 Å². The Balaban J connectivity index is 1.86. The maximum Gasteiger partial charge on any atom is 0.270 e. The lowest BCUT2D eigenvalue weighted by molar-refractivity contribution is -0.384. The quantitative estimate of drug-likeness (QED) is 0.165. The molecule has 0 radical (unpaired) electrons. The minimum absolute atomic E-state index is 0.0130. The molecule has 1 saturated heterocycles. The lowest BCUT2D eigenvalue weighted by atomic mass is 10.1. The van der Waals surface area contributed by atoms with Gasteiger partial charge in [-0.2, -0.15) is 0 Å². The number of hydrogen-bond acceptors (Lipinski definition) is 6. The standard InChI is InChI=1S/C21H15N5O4S/c1-2-9-25-20(28)15(19(27)23-21(25)31)12-16-17-8-3-4-10-24(17)18(22-16)13-6-5-7-14(11-13)26(29)30/h2-8,10-12H,1,9H2,(H,23,27,31). The highest BCUT2D eigenvalue weighted by Gasteiger charge is 2.33. The number of nitro benzene ring substituents is 1. The molecule has 0 aliphatic carbocycles. The second-order valence-corrected chi connectivity index (χ2v) is 6.99. The van der Waals surface area contributed by atoms with Crippen LogP contribution in [-0.4, -0.2) is 42.7 Å². The minimum Gasteiger partial charge on any atom is -0.299 e. The van der Waals surface area contributed by atoms with Crippen molar-refractivity contribution in [3.8, 4) is 11.4 Å². The van der Waals surface area contributed by atoms with E-state index < -0.39 is 16.7 Å². The van der Waals surface area contributed by atoms with Gasteiger partial charge in [-0.05, 0) is 30.4 Å². The third-order valence-corrected chi connectivity index (χ3v) is 4.99. The Hall–Kier alpha value is -4.18. The normalized spacial score (nSPS) is 15.4. The van der Waals surface area contributed by atoms with E-state index in [4.69, 9.17) is 12.2 Å². The minimum atomic E-state index is -0.621.